The number of thiocarbonyl (C=S) groups is 1. The Bertz CT molecular complexity index is 423. The number of carbonyl (C=O) groups excluding carboxylic acids is 1. The van der Waals surface area contributed by atoms with Gasteiger partial charge < -0.3 is 15.6 Å². The Labute approximate surface area is 105 Å². The van der Waals surface area contributed by atoms with Crippen LogP contribution >= 0.6 is 12.2 Å². The molecule has 5 nitrogen and oxygen atoms in total. The molecule has 1 aliphatic carbocycles. The first-order valence-corrected chi connectivity index (χ1v) is 6.18. The summed E-state index contributed by atoms with van der Waals surface area (Å²) in [5.41, 5.74) is 5.51. The van der Waals surface area contributed by atoms with Crippen molar-refractivity contribution in [3.8, 4) is 0 Å². The average Bonchev–Trinajstić information content (AvgIpc) is 2.88. The van der Waals surface area contributed by atoms with E-state index in [0.717, 1.165) is 12.8 Å². The molecule has 92 valence electrons. The van der Waals surface area contributed by atoms with Gasteiger partial charge in [0.2, 0.25) is 5.91 Å². The molecule has 1 aliphatic rings. The van der Waals surface area contributed by atoms with Gasteiger partial charge in [-0.25, -0.2) is 4.98 Å². The predicted molar refractivity (Wildman–Crippen MR) is 68.5 cm³/mol. The molecule has 0 bridgehead atoms. The van der Waals surface area contributed by atoms with Gasteiger partial charge in [-0.2, -0.15) is 0 Å². The summed E-state index contributed by atoms with van der Waals surface area (Å²) >= 11 is 4.86. The number of nitrogens with zero attached hydrogens (tertiary/aromatic N) is 2. The van der Waals surface area contributed by atoms with Crippen molar-refractivity contribution in [3.05, 3.63) is 18.2 Å². The second-order valence-electron chi connectivity index (χ2n) is 4.29. The molecule has 1 aromatic rings. The number of rotatable bonds is 4. The fraction of sp³-hybridized carbons (Fsp3) is 0.545. The Balaban J connectivity index is 1.93. The Morgan fingerprint density at radius 1 is 1.59 bits per heavy atom. The Kier molecular flexibility index (Phi) is 3.73. The summed E-state index contributed by atoms with van der Waals surface area (Å²) in [4.78, 5) is 16.0. The summed E-state index contributed by atoms with van der Waals surface area (Å²) in [5, 5.41) is 3.01. The topological polar surface area (TPSA) is 72.9 Å². The number of imidazole rings is 1. The monoisotopic (exact) mass is 252 g/mol. The van der Waals surface area contributed by atoms with Crippen molar-refractivity contribution in [2.75, 3.05) is 0 Å². The van der Waals surface area contributed by atoms with Gasteiger partial charge in [0.15, 0.2) is 5.82 Å². The number of hydrogen-bond donors (Lipinski definition) is 2. The molecule has 0 saturated heterocycles. The third-order valence-corrected chi connectivity index (χ3v) is 3.15. The standard InChI is InChI=1S/C11H16N4OS/c12-10(17)11-13-5-6-15(11)7-9(16)14-8-3-1-2-4-8/h5-6,8H,1-4,7H2,(H2,12,17)(H,14,16). The average molecular weight is 252 g/mol. The molecule has 1 fully saturated rings. The minimum atomic E-state index is -0.00704. The third kappa shape index (κ3) is 3.03. The number of hydrogen-bond acceptors (Lipinski definition) is 3. The lowest BCUT2D eigenvalue weighted by molar-refractivity contribution is -0.122. The van der Waals surface area contributed by atoms with E-state index in [9.17, 15) is 4.79 Å². The van der Waals surface area contributed by atoms with Crippen molar-refractivity contribution >= 4 is 23.1 Å². The van der Waals surface area contributed by atoms with Crippen LogP contribution in [0.25, 0.3) is 0 Å². The summed E-state index contributed by atoms with van der Waals surface area (Å²) < 4.78 is 1.67. The maximum absolute atomic E-state index is 11.8. The van der Waals surface area contributed by atoms with E-state index in [2.05, 4.69) is 10.3 Å². The normalized spacial score (nSPS) is 16.0. The van der Waals surface area contributed by atoms with Gasteiger partial charge >= 0.3 is 0 Å². The maximum Gasteiger partial charge on any atom is 0.240 e. The molecule has 0 aromatic carbocycles. The highest BCUT2D eigenvalue weighted by Crippen LogP contribution is 2.17. The van der Waals surface area contributed by atoms with Crippen LogP contribution < -0.4 is 11.1 Å². The smallest absolute Gasteiger partial charge is 0.240 e. The molecule has 2 rings (SSSR count). The molecule has 0 atom stereocenters. The third-order valence-electron chi connectivity index (χ3n) is 2.97. The van der Waals surface area contributed by atoms with Gasteiger partial charge in [-0.1, -0.05) is 25.1 Å². The highest BCUT2D eigenvalue weighted by Gasteiger charge is 2.17. The van der Waals surface area contributed by atoms with Gasteiger partial charge in [-0.05, 0) is 12.8 Å². The fourth-order valence-corrected chi connectivity index (χ4v) is 2.33. The first-order chi connectivity index (χ1) is 8.16. The van der Waals surface area contributed by atoms with Crippen LogP contribution in [0.1, 0.15) is 31.5 Å². The van der Waals surface area contributed by atoms with Crippen molar-refractivity contribution in [1.82, 2.24) is 14.9 Å². The number of nitrogens with two attached hydrogens (primary N) is 1. The van der Waals surface area contributed by atoms with Crippen LogP contribution in [0.15, 0.2) is 12.4 Å². The molecule has 0 unspecified atom stereocenters. The number of nitrogens with one attached hydrogen (secondary N) is 1. The second kappa shape index (κ2) is 5.27. The van der Waals surface area contributed by atoms with E-state index in [1.165, 1.54) is 12.8 Å². The predicted octanol–water partition coefficient (Wildman–Crippen LogP) is 0.576. The number of carbonyl (C=O) groups is 1. The maximum atomic E-state index is 11.8. The van der Waals surface area contributed by atoms with Crippen molar-refractivity contribution in [3.63, 3.8) is 0 Å². The molecule has 1 amide bonds. The van der Waals surface area contributed by atoms with Crippen LogP contribution in [0.5, 0.6) is 0 Å². The fourth-order valence-electron chi connectivity index (χ4n) is 2.16. The first-order valence-electron chi connectivity index (χ1n) is 5.77. The highest BCUT2D eigenvalue weighted by atomic mass is 32.1. The van der Waals surface area contributed by atoms with Gasteiger partial charge in [-0.15, -0.1) is 0 Å². The molecule has 6 heteroatoms. The molecule has 1 aromatic heterocycles. The Morgan fingerprint density at radius 3 is 2.94 bits per heavy atom. The zero-order chi connectivity index (χ0) is 12.3. The molecule has 0 radical (unpaired) electrons. The van der Waals surface area contributed by atoms with Gasteiger partial charge in [0.25, 0.3) is 0 Å². The Hall–Kier alpha value is -1.43. The van der Waals surface area contributed by atoms with Crippen LogP contribution in [0.4, 0.5) is 0 Å². The molecular formula is C11H16N4OS. The number of aromatic nitrogens is 2. The van der Waals surface area contributed by atoms with E-state index < -0.39 is 0 Å². The van der Waals surface area contributed by atoms with Crippen molar-refractivity contribution < 1.29 is 4.79 Å². The molecular weight excluding hydrogens is 236 g/mol. The first kappa shape index (κ1) is 12.0. The molecule has 3 N–H and O–H groups in total. The lowest BCUT2D eigenvalue weighted by atomic mass is 10.2. The Morgan fingerprint density at radius 2 is 2.29 bits per heavy atom. The summed E-state index contributed by atoms with van der Waals surface area (Å²) in [5.74, 6) is 0.481. The van der Waals surface area contributed by atoms with E-state index in [-0.39, 0.29) is 17.4 Å². The van der Waals surface area contributed by atoms with Crippen molar-refractivity contribution in [2.24, 2.45) is 5.73 Å². The summed E-state index contributed by atoms with van der Waals surface area (Å²) in [6.07, 6.45) is 7.87. The van der Waals surface area contributed by atoms with Crippen LogP contribution in [0.3, 0.4) is 0 Å². The van der Waals surface area contributed by atoms with E-state index in [1.807, 2.05) is 0 Å². The minimum absolute atomic E-state index is 0.00704. The van der Waals surface area contributed by atoms with Gasteiger partial charge in [0.05, 0.1) is 0 Å². The lowest BCUT2D eigenvalue weighted by Crippen LogP contribution is -2.35. The van der Waals surface area contributed by atoms with Gasteiger partial charge in [0, 0.05) is 18.4 Å². The number of amides is 1. The van der Waals surface area contributed by atoms with E-state index in [0.29, 0.717) is 11.9 Å². The van der Waals surface area contributed by atoms with Crippen LogP contribution in [-0.2, 0) is 11.3 Å². The minimum Gasteiger partial charge on any atom is -0.387 e. The molecule has 1 saturated carbocycles. The second-order valence-corrected chi connectivity index (χ2v) is 4.73. The summed E-state index contributed by atoms with van der Waals surface area (Å²) in [6, 6.07) is 0.333. The van der Waals surface area contributed by atoms with Crippen molar-refractivity contribution in [1.29, 1.82) is 0 Å². The molecule has 1 heterocycles. The molecule has 0 spiro atoms. The zero-order valence-electron chi connectivity index (χ0n) is 9.56. The highest BCUT2D eigenvalue weighted by molar-refractivity contribution is 7.80. The largest absolute Gasteiger partial charge is 0.387 e. The lowest BCUT2D eigenvalue weighted by Gasteiger charge is -2.12. The quantitative estimate of drug-likeness (QED) is 0.769. The van der Waals surface area contributed by atoms with Crippen molar-refractivity contribution in [2.45, 2.75) is 38.3 Å². The van der Waals surface area contributed by atoms with E-state index in [4.69, 9.17) is 18.0 Å². The SMILES string of the molecule is NC(=S)c1nccn1CC(=O)NC1CCCC1. The van der Waals surface area contributed by atoms with Crippen LogP contribution in [0.2, 0.25) is 0 Å². The van der Waals surface area contributed by atoms with E-state index in [1.54, 1.807) is 17.0 Å². The molecule has 0 aliphatic heterocycles. The summed E-state index contributed by atoms with van der Waals surface area (Å²) in [7, 11) is 0. The van der Waals surface area contributed by atoms with Gasteiger partial charge in [0.1, 0.15) is 11.5 Å². The van der Waals surface area contributed by atoms with Crippen LogP contribution in [-0.4, -0.2) is 26.5 Å². The zero-order valence-corrected chi connectivity index (χ0v) is 10.4. The van der Waals surface area contributed by atoms with Crippen LogP contribution in [0, 0.1) is 0 Å². The van der Waals surface area contributed by atoms with E-state index >= 15 is 0 Å². The van der Waals surface area contributed by atoms with Gasteiger partial charge in [-0.3, -0.25) is 4.79 Å². The molecule has 17 heavy (non-hydrogen) atoms. The summed E-state index contributed by atoms with van der Waals surface area (Å²) in [6.45, 7) is 0.225.